The number of nitrogens with one attached hydrogen (secondary N) is 2. The largest absolute Gasteiger partial charge is 0.448 e. The Morgan fingerprint density at radius 3 is 1.38 bits per heavy atom. The van der Waals surface area contributed by atoms with Crippen molar-refractivity contribution in [2.75, 3.05) is 64.1 Å². The molecule has 1 aromatic carbocycles. The van der Waals surface area contributed by atoms with Crippen LogP contribution in [0, 0.1) is 0 Å². The minimum Gasteiger partial charge on any atom is -0.448 e. The van der Waals surface area contributed by atoms with E-state index >= 15 is 0 Å². The topological polar surface area (TPSA) is 83.1 Å². The van der Waals surface area contributed by atoms with Crippen LogP contribution in [0.2, 0.25) is 0 Å². The first-order chi connectivity index (χ1) is 16.4. The van der Waals surface area contributed by atoms with Crippen LogP contribution in [-0.2, 0) is 9.47 Å². The molecule has 0 heterocycles. The van der Waals surface area contributed by atoms with Crippen molar-refractivity contribution >= 4 is 23.6 Å². The van der Waals surface area contributed by atoms with E-state index in [0.717, 1.165) is 13.1 Å². The summed E-state index contributed by atoms with van der Waals surface area (Å²) in [5, 5.41) is 5.40. The molecule has 8 nitrogen and oxygen atoms in total. The fourth-order valence-electron chi connectivity index (χ4n) is 3.37. The Kier molecular flexibility index (Phi) is 16.6. The van der Waals surface area contributed by atoms with Crippen molar-refractivity contribution < 1.29 is 19.1 Å². The summed E-state index contributed by atoms with van der Waals surface area (Å²) in [5.41, 5.74) is 1.20. The Labute approximate surface area is 206 Å². The molecule has 34 heavy (non-hydrogen) atoms. The first kappa shape index (κ1) is 29.7. The number of carbonyl (C=O) groups excluding carboxylic acids is 2. The Balaban J connectivity index is 2.19. The molecule has 0 bridgehead atoms. The van der Waals surface area contributed by atoms with Gasteiger partial charge in [-0.1, -0.05) is 52.4 Å². The highest BCUT2D eigenvalue weighted by molar-refractivity contribution is 5.87. The smallest absolute Gasteiger partial charge is 0.411 e. The van der Waals surface area contributed by atoms with Crippen LogP contribution in [0.15, 0.2) is 24.3 Å². The number of hydrogen-bond donors (Lipinski definition) is 2. The van der Waals surface area contributed by atoms with Gasteiger partial charge in [-0.3, -0.25) is 10.6 Å². The van der Waals surface area contributed by atoms with Crippen molar-refractivity contribution in [3.8, 4) is 0 Å². The van der Waals surface area contributed by atoms with E-state index in [9.17, 15) is 9.59 Å². The first-order valence-corrected chi connectivity index (χ1v) is 12.8. The van der Waals surface area contributed by atoms with Crippen molar-refractivity contribution in [3.63, 3.8) is 0 Å². The fourth-order valence-corrected chi connectivity index (χ4v) is 3.37. The monoisotopic (exact) mass is 478 g/mol. The number of nitrogens with zero attached hydrogens (tertiary/aromatic N) is 2. The first-order valence-electron chi connectivity index (χ1n) is 12.8. The van der Waals surface area contributed by atoms with E-state index in [1.54, 1.807) is 24.3 Å². The molecule has 0 aliphatic rings. The normalized spacial score (nSPS) is 11.0. The number of rotatable bonds is 18. The third-order valence-electron chi connectivity index (χ3n) is 5.58. The Morgan fingerprint density at radius 2 is 1.03 bits per heavy atom. The Hall–Kier alpha value is -2.32. The SMILES string of the molecule is CCCCCCN(C)CCOC(=O)Nc1ccc(NC(=O)OCCN(C)CCCCCC)cc1. The average molecular weight is 479 g/mol. The summed E-state index contributed by atoms with van der Waals surface area (Å²) < 4.78 is 10.5. The summed E-state index contributed by atoms with van der Waals surface area (Å²) in [5.74, 6) is 0. The van der Waals surface area contributed by atoms with Gasteiger partial charge < -0.3 is 19.3 Å². The van der Waals surface area contributed by atoms with Crippen LogP contribution < -0.4 is 10.6 Å². The molecular formula is C26H46N4O4. The molecule has 1 aromatic rings. The molecular weight excluding hydrogens is 432 g/mol. The Bertz CT molecular complexity index is 612. The minimum absolute atomic E-state index is 0.343. The van der Waals surface area contributed by atoms with Crippen molar-refractivity contribution in [2.24, 2.45) is 0 Å². The second kappa shape index (κ2) is 19.0. The molecule has 2 amide bonds. The maximum Gasteiger partial charge on any atom is 0.411 e. The number of carbonyl (C=O) groups is 2. The number of anilines is 2. The molecule has 2 N–H and O–H groups in total. The van der Waals surface area contributed by atoms with Gasteiger partial charge in [-0.15, -0.1) is 0 Å². The molecule has 0 saturated carbocycles. The summed E-state index contributed by atoms with van der Waals surface area (Å²) in [6.45, 7) is 8.52. The van der Waals surface area contributed by atoms with Gasteiger partial charge in [-0.05, 0) is 64.3 Å². The molecule has 0 aromatic heterocycles. The molecule has 1 rings (SSSR count). The van der Waals surface area contributed by atoms with E-state index < -0.39 is 12.2 Å². The van der Waals surface area contributed by atoms with Crippen LogP contribution in [-0.4, -0.2) is 75.5 Å². The molecule has 0 aliphatic carbocycles. The van der Waals surface area contributed by atoms with Gasteiger partial charge in [-0.25, -0.2) is 9.59 Å². The average Bonchev–Trinajstić information content (AvgIpc) is 2.81. The molecule has 0 fully saturated rings. The van der Waals surface area contributed by atoms with Crippen LogP contribution in [0.3, 0.4) is 0 Å². The minimum atomic E-state index is -0.488. The van der Waals surface area contributed by atoms with E-state index in [1.165, 1.54) is 51.4 Å². The summed E-state index contributed by atoms with van der Waals surface area (Å²) in [4.78, 5) is 28.3. The number of amides is 2. The third kappa shape index (κ3) is 15.5. The van der Waals surface area contributed by atoms with E-state index in [2.05, 4.69) is 34.3 Å². The molecule has 194 valence electrons. The standard InChI is InChI=1S/C26H46N4O4/c1-5-7-9-11-17-29(3)19-21-33-25(31)27-23-13-15-24(16-14-23)28-26(32)34-22-20-30(4)18-12-10-8-6-2/h13-16H,5-12,17-22H2,1-4H3,(H,27,31)(H,28,32). The second-order valence-corrected chi connectivity index (χ2v) is 8.83. The lowest BCUT2D eigenvalue weighted by atomic mass is 10.2. The Morgan fingerprint density at radius 1 is 0.647 bits per heavy atom. The van der Waals surface area contributed by atoms with E-state index in [0.29, 0.717) is 37.7 Å². The zero-order valence-electron chi connectivity index (χ0n) is 21.7. The maximum absolute atomic E-state index is 12.0. The molecule has 0 saturated heterocycles. The van der Waals surface area contributed by atoms with Gasteiger partial charge in [0.25, 0.3) is 0 Å². The fraction of sp³-hybridized carbons (Fsp3) is 0.692. The van der Waals surface area contributed by atoms with Crippen LogP contribution >= 0.6 is 0 Å². The zero-order valence-corrected chi connectivity index (χ0v) is 21.7. The zero-order chi connectivity index (χ0) is 25.0. The second-order valence-electron chi connectivity index (χ2n) is 8.83. The third-order valence-corrected chi connectivity index (χ3v) is 5.58. The quantitative estimate of drug-likeness (QED) is 0.259. The van der Waals surface area contributed by atoms with Gasteiger partial charge in [0.1, 0.15) is 13.2 Å². The van der Waals surface area contributed by atoms with Crippen LogP contribution in [0.4, 0.5) is 21.0 Å². The number of benzene rings is 1. The van der Waals surface area contributed by atoms with Gasteiger partial charge in [0, 0.05) is 24.5 Å². The molecule has 8 heteroatoms. The van der Waals surface area contributed by atoms with Gasteiger partial charge in [0.2, 0.25) is 0 Å². The summed E-state index contributed by atoms with van der Waals surface area (Å²) in [6, 6.07) is 6.84. The lowest BCUT2D eigenvalue weighted by molar-refractivity contribution is 0.145. The van der Waals surface area contributed by atoms with Crippen molar-refractivity contribution in [1.82, 2.24) is 9.80 Å². The number of unbranched alkanes of at least 4 members (excludes halogenated alkanes) is 6. The van der Waals surface area contributed by atoms with E-state index in [4.69, 9.17) is 9.47 Å². The van der Waals surface area contributed by atoms with Gasteiger partial charge in [0.15, 0.2) is 0 Å². The highest BCUT2D eigenvalue weighted by atomic mass is 16.6. The van der Waals surface area contributed by atoms with Crippen LogP contribution in [0.5, 0.6) is 0 Å². The van der Waals surface area contributed by atoms with Crippen molar-refractivity contribution in [1.29, 1.82) is 0 Å². The molecule has 0 aliphatic heterocycles. The lowest BCUT2D eigenvalue weighted by Crippen LogP contribution is -2.26. The number of likely N-dealkylation sites (N-methyl/N-ethyl adjacent to an activating group) is 2. The van der Waals surface area contributed by atoms with Gasteiger partial charge >= 0.3 is 12.2 Å². The predicted octanol–water partition coefficient (Wildman–Crippen LogP) is 5.81. The number of ether oxygens (including phenoxy) is 2. The van der Waals surface area contributed by atoms with Crippen molar-refractivity contribution in [3.05, 3.63) is 24.3 Å². The van der Waals surface area contributed by atoms with Crippen LogP contribution in [0.1, 0.15) is 65.2 Å². The summed E-state index contributed by atoms with van der Waals surface area (Å²) in [7, 11) is 4.08. The summed E-state index contributed by atoms with van der Waals surface area (Å²) >= 11 is 0. The van der Waals surface area contributed by atoms with Gasteiger partial charge in [-0.2, -0.15) is 0 Å². The van der Waals surface area contributed by atoms with Crippen molar-refractivity contribution in [2.45, 2.75) is 65.2 Å². The predicted molar refractivity (Wildman–Crippen MR) is 140 cm³/mol. The van der Waals surface area contributed by atoms with E-state index in [-0.39, 0.29) is 0 Å². The summed E-state index contributed by atoms with van der Waals surface area (Å²) in [6.07, 6.45) is 8.81. The van der Waals surface area contributed by atoms with Crippen LogP contribution in [0.25, 0.3) is 0 Å². The molecule has 0 atom stereocenters. The highest BCUT2D eigenvalue weighted by Crippen LogP contribution is 2.14. The lowest BCUT2D eigenvalue weighted by Gasteiger charge is -2.16. The molecule has 0 spiro atoms. The maximum atomic E-state index is 12.0. The number of hydrogen-bond acceptors (Lipinski definition) is 6. The molecule has 0 radical (unpaired) electrons. The van der Waals surface area contributed by atoms with Gasteiger partial charge in [0.05, 0.1) is 0 Å². The molecule has 0 unspecified atom stereocenters. The highest BCUT2D eigenvalue weighted by Gasteiger charge is 2.07. The van der Waals surface area contributed by atoms with E-state index in [1.807, 2.05) is 14.1 Å².